The Hall–Kier alpha value is -3.41. The van der Waals surface area contributed by atoms with Crippen molar-refractivity contribution in [3.8, 4) is 10.4 Å². The summed E-state index contributed by atoms with van der Waals surface area (Å²) in [4.78, 5) is 27.2. The number of thiazole rings is 1. The Kier molecular flexibility index (Phi) is 6.63. The summed E-state index contributed by atoms with van der Waals surface area (Å²) in [6.45, 7) is 3.49. The van der Waals surface area contributed by atoms with Crippen LogP contribution in [0.15, 0.2) is 41.8 Å². The molecule has 1 amide bonds. The van der Waals surface area contributed by atoms with Crippen LogP contribution in [0.2, 0.25) is 0 Å². The third-order valence-corrected chi connectivity index (χ3v) is 6.57. The van der Waals surface area contributed by atoms with Gasteiger partial charge in [-0.25, -0.2) is 15.8 Å². The molecule has 0 spiro atoms. The molecule has 172 valence electrons. The molecule has 33 heavy (non-hydrogen) atoms. The van der Waals surface area contributed by atoms with Crippen LogP contribution in [0.25, 0.3) is 10.4 Å². The molecule has 6 N–H and O–H groups in total. The number of hydrazine groups is 1. The van der Waals surface area contributed by atoms with E-state index in [2.05, 4.69) is 25.4 Å². The van der Waals surface area contributed by atoms with Crippen molar-refractivity contribution in [1.29, 1.82) is 0 Å². The SMILES string of the molecule is Cc1cnc(C(=O)Nc2cccc(/C(=N/N)N(N)C(C)CO)n2)cc1-c1cnc(C2CC2)s1. The number of nitrogens with zero attached hydrogens (tertiary/aromatic N) is 5. The molecule has 1 saturated carbocycles. The van der Waals surface area contributed by atoms with Gasteiger partial charge in [-0.05, 0) is 50.5 Å². The monoisotopic (exact) mass is 466 g/mol. The van der Waals surface area contributed by atoms with E-state index < -0.39 is 11.9 Å². The second-order valence-corrected chi connectivity index (χ2v) is 9.04. The first kappa shape index (κ1) is 22.8. The molecule has 0 bridgehead atoms. The first-order valence-electron chi connectivity index (χ1n) is 10.6. The number of aromatic nitrogens is 3. The number of aryl methyl sites for hydroxylation is 1. The van der Waals surface area contributed by atoms with Gasteiger partial charge in [0.1, 0.15) is 17.2 Å². The Morgan fingerprint density at radius 1 is 1.33 bits per heavy atom. The van der Waals surface area contributed by atoms with Gasteiger partial charge in [0.25, 0.3) is 5.91 Å². The first-order valence-corrected chi connectivity index (χ1v) is 11.4. The van der Waals surface area contributed by atoms with Crippen LogP contribution in [0.1, 0.15) is 52.4 Å². The molecule has 1 aliphatic rings. The summed E-state index contributed by atoms with van der Waals surface area (Å²) >= 11 is 1.67. The van der Waals surface area contributed by atoms with E-state index in [-0.39, 0.29) is 18.1 Å². The molecule has 0 aliphatic heterocycles. The number of nitrogens with one attached hydrogen (secondary N) is 1. The molecule has 10 nitrogen and oxygen atoms in total. The summed E-state index contributed by atoms with van der Waals surface area (Å²) in [6.07, 6.45) is 5.94. The van der Waals surface area contributed by atoms with Gasteiger partial charge in [0.2, 0.25) is 0 Å². The summed E-state index contributed by atoms with van der Waals surface area (Å²) in [5.74, 6) is 12.1. The van der Waals surface area contributed by atoms with E-state index in [0.717, 1.165) is 21.0 Å². The molecule has 1 aliphatic carbocycles. The molecule has 1 fully saturated rings. The normalized spacial score (nSPS) is 14.7. The van der Waals surface area contributed by atoms with Crippen LogP contribution in [0, 0.1) is 6.92 Å². The van der Waals surface area contributed by atoms with E-state index in [1.807, 2.05) is 13.1 Å². The van der Waals surface area contributed by atoms with Crippen molar-refractivity contribution in [3.05, 3.63) is 58.6 Å². The summed E-state index contributed by atoms with van der Waals surface area (Å²) in [5, 5.41) is 18.2. The molecule has 1 atom stereocenters. The second-order valence-electron chi connectivity index (χ2n) is 7.98. The van der Waals surface area contributed by atoms with Gasteiger partial charge in [0.05, 0.1) is 22.5 Å². The molecule has 4 rings (SSSR count). The highest BCUT2D eigenvalue weighted by Gasteiger charge is 2.27. The van der Waals surface area contributed by atoms with Crippen LogP contribution in [0.5, 0.6) is 0 Å². The van der Waals surface area contributed by atoms with E-state index in [9.17, 15) is 9.90 Å². The molecule has 0 saturated heterocycles. The van der Waals surface area contributed by atoms with Gasteiger partial charge in [-0.3, -0.25) is 14.8 Å². The molecule has 1 unspecified atom stereocenters. The number of rotatable bonds is 7. The largest absolute Gasteiger partial charge is 0.394 e. The van der Waals surface area contributed by atoms with Gasteiger partial charge in [0, 0.05) is 23.9 Å². The van der Waals surface area contributed by atoms with Crippen molar-refractivity contribution >= 4 is 28.9 Å². The van der Waals surface area contributed by atoms with Crippen LogP contribution in [0.3, 0.4) is 0 Å². The maximum Gasteiger partial charge on any atom is 0.275 e. The van der Waals surface area contributed by atoms with Gasteiger partial charge in [-0.15, -0.1) is 11.3 Å². The Morgan fingerprint density at radius 3 is 2.82 bits per heavy atom. The average molecular weight is 467 g/mol. The Morgan fingerprint density at radius 2 is 2.12 bits per heavy atom. The minimum absolute atomic E-state index is 0.181. The maximum atomic E-state index is 12.9. The topological polar surface area (TPSA) is 156 Å². The number of pyridine rings is 2. The molecule has 0 radical (unpaired) electrons. The first-order chi connectivity index (χ1) is 15.9. The van der Waals surface area contributed by atoms with Gasteiger partial charge >= 0.3 is 0 Å². The number of aliphatic hydroxyl groups is 1. The Balaban J connectivity index is 1.54. The number of hydrogen-bond acceptors (Lipinski definition) is 9. The van der Waals surface area contributed by atoms with E-state index in [0.29, 0.717) is 17.4 Å². The molecule has 11 heteroatoms. The lowest BCUT2D eigenvalue weighted by Gasteiger charge is -2.25. The van der Waals surface area contributed by atoms with Crippen molar-refractivity contribution in [2.24, 2.45) is 16.8 Å². The number of amidine groups is 1. The fraction of sp³-hybridized carbons (Fsp3) is 0.318. The average Bonchev–Trinajstić information content (AvgIpc) is 3.56. The van der Waals surface area contributed by atoms with Crippen molar-refractivity contribution in [2.75, 3.05) is 11.9 Å². The van der Waals surface area contributed by atoms with Crippen LogP contribution in [-0.2, 0) is 0 Å². The number of hydrazone groups is 1. The van der Waals surface area contributed by atoms with Crippen molar-refractivity contribution in [3.63, 3.8) is 0 Å². The Bertz CT molecular complexity index is 1190. The Labute approximate surface area is 195 Å². The van der Waals surface area contributed by atoms with Crippen LogP contribution in [-0.4, -0.2) is 49.5 Å². The maximum absolute atomic E-state index is 12.9. The lowest BCUT2D eigenvalue weighted by molar-refractivity contribution is 0.102. The van der Waals surface area contributed by atoms with Crippen LogP contribution in [0.4, 0.5) is 5.82 Å². The molecular weight excluding hydrogens is 440 g/mol. The zero-order chi connectivity index (χ0) is 23.5. The fourth-order valence-electron chi connectivity index (χ4n) is 3.22. The molecule has 3 aromatic rings. The quantitative estimate of drug-likeness (QED) is 0.179. The third-order valence-electron chi connectivity index (χ3n) is 5.38. The number of carbonyl (C=O) groups is 1. The highest BCUT2D eigenvalue weighted by Crippen LogP contribution is 2.43. The minimum atomic E-state index is -0.422. The number of hydrogen-bond donors (Lipinski definition) is 4. The predicted octanol–water partition coefficient (Wildman–Crippen LogP) is 2.22. The smallest absolute Gasteiger partial charge is 0.275 e. The van der Waals surface area contributed by atoms with Gasteiger partial charge in [0.15, 0.2) is 5.84 Å². The summed E-state index contributed by atoms with van der Waals surface area (Å²) in [6, 6.07) is 6.36. The molecular formula is C22H26N8O2S. The van der Waals surface area contributed by atoms with Crippen molar-refractivity contribution in [2.45, 2.75) is 38.6 Å². The third kappa shape index (κ3) is 5.00. The highest BCUT2D eigenvalue weighted by molar-refractivity contribution is 7.15. The minimum Gasteiger partial charge on any atom is -0.394 e. The summed E-state index contributed by atoms with van der Waals surface area (Å²) in [7, 11) is 0. The number of aliphatic hydroxyl groups excluding tert-OH is 1. The van der Waals surface area contributed by atoms with E-state index in [1.54, 1.807) is 48.7 Å². The van der Waals surface area contributed by atoms with E-state index in [4.69, 9.17) is 11.7 Å². The number of anilines is 1. The highest BCUT2D eigenvalue weighted by atomic mass is 32.1. The van der Waals surface area contributed by atoms with Crippen LogP contribution >= 0.6 is 11.3 Å². The van der Waals surface area contributed by atoms with Gasteiger partial charge in [-0.1, -0.05) is 6.07 Å². The summed E-state index contributed by atoms with van der Waals surface area (Å²) in [5.41, 5.74) is 2.54. The number of nitrogens with two attached hydrogens (primary N) is 2. The zero-order valence-corrected chi connectivity index (χ0v) is 19.2. The lowest BCUT2D eigenvalue weighted by Crippen LogP contribution is -2.47. The lowest BCUT2D eigenvalue weighted by atomic mass is 10.1. The van der Waals surface area contributed by atoms with Crippen molar-refractivity contribution < 1.29 is 9.90 Å². The number of carbonyl (C=O) groups excluding carboxylic acids is 1. The second kappa shape index (κ2) is 9.61. The predicted molar refractivity (Wildman–Crippen MR) is 128 cm³/mol. The fourth-order valence-corrected chi connectivity index (χ4v) is 4.38. The van der Waals surface area contributed by atoms with E-state index >= 15 is 0 Å². The number of amides is 1. The summed E-state index contributed by atoms with van der Waals surface area (Å²) < 4.78 is 0. The molecule has 0 aromatic carbocycles. The van der Waals surface area contributed by atoms with Gasteiger partial charge < -0.3 is 16.3 Å². The van der Waals surface area contributed by atoms with Crippen LogP contribution < -0.4 is 17.0 Å². The van der Waals surface area contributed by atoms with E-state index in [1.165, 1.54) is 17.9 Å². The molecule has 3 heterocycles. The van der Waals surface area contributed by atoms with Gasteiger partial charge in [-0.2, -0.15) is 5.10 Å². The standard InChI is InChI=1S/C22H26N8O2S/c1-12-9-25-17(8-15(12)18-10-26-22(33-18)14-6-7-14)21(32)28-19-5-3-4-16(27-19)20(29-23)30(24)13(2)11-31/h3-5,8-10,13-14,31H,6-7,11,23-24H2,1-2H3,(H,27,28,32)/b29-20-. The van der Waals surface area contributed by atoms with Crippen molar-refractivity contribution in [1.82, 2.24) is 20.0 Å². The zero-order valence-electron chi connectivity index (χ0n) is 18.4. The molecule has 3 aromatic heterocycles.